The molecule has 1 heterocycles. The summed E-state index contributed by atoms with van der Waals surface area (Å²) in [6.45, 7) is 2.01. The summed E-state index contributed by atoms with van der Waals surface area (Å²) >= 11 is 1.68. The highest BCUT2D eigenvalue weighted by atomic mass is 32.1. The molecule has 0 N–H and O–H groups in total. The van der Waals surface area contributed by atoms with Crippen molar-refractivity contribution >= 4 is 23.5 Å². The van der Waals surface area contributed by atoms with Gasteiger partial charge in [-0.1, -0.05) is 37.2 Å². The summed E-state index contributed by atoms with van der Waals surface area (Å²) in [4.78, 5) is 5.54. The minimum atomic E-state index is 1.07. The van der Waals surface area contributed by atoms with E-state index in [0.717, 1.165) is 10.6 Å². The molecular weight excluding hydrogens is 177 g/mol. The van der Waals surface area contributed by atoms with Crippen molar-refractivity contribution in [2.24, 2.45) is 0 Å². The third kappa shape index (κ3) is 1.81. The molecule has 0 atom stereocenters. The maximum absolute atomic E-state index is 4.46. The van der Waals surface area contributed by atoms with Crippen molar-refractivity contribution in [2.45, 2.75) is 6.82 Å². The van der Waals surface area contributed by atoms with Gasteiger partial charge in [0.2, 0.25) is 0 Å². The first kappa shape index (κ1) is 8.51. The number of thiazole rings is 1. The van der Waals surface area contributed by atoms with Gasteiger partial charge in [-0.3, -0.25) is 4.98 Å². The van der Waals surface area contributed by atoms with E-state index in [4.69, 9.17) is 0 Å². The summed E-state index contributed by atoms with van der Waals surface area (Å²) in [6.07, 6.45) is 0. The fourth-order valence-corrected chi connectivity index (χ4v) is 1.87. The van der Waals surface area contributed by atoms with Crippen LogP contribution in [-0.4, -0.2) is 12.3 Å². The molecule has 0 aliphatic rings. The van der Waals surface area contributed by atoms with Crippen LogP contribution in [0.1, 0.15) is 0 Å². The van der Waals surface area contributed by atoms with Gasteiger partial charge < -0.3 is 0 Å². The summed E-state index contributed by atoms with van der Waals surface area (Å²) in [7, 11) is 2.02. The molecule has 0 aliphatic carbocycles. The topological polar surface area (TPSA) is 12.9 Å². The quantitative estimate of drug-likeness (QED) is 0.655. The first-order valence-electron chi connectivity index (χ1n) is 4.20. The zero-order valence-corrected chi connectivity index (χ0v) is 8.21. The van der Waals surface area contributed by atoms with E-state index in [9.17, 15) is 0 Å². The predicted molar refractivity (Wildman–Crippen MR) is 58.8 cm³/mol. The van der Waals surface area contributed by atoms with Crippen molar-refractivity contribution in [1.29, 1.82) is 0 Å². The molecule has 2 aromatic rings. The number of benzene rings is 1. The normalized spacial score (nSPS) is 9.92. The van der Waals surface area contributed by atoms with E-state index < -0.39 is 0 Å². The van der Waals surface area contributed by atoms with Crippen LogP contribution in [0.15, 0.2) is 35.7 Å². The van der Waals surface area contributed by atoms with Crippen LogP contribution in [0.25, 0.3) is 11.3 Å². The van der Waals surface area contributed by atoms with Crippen LogP contribution in [0.5, 0.6) is 0 Å². The maximum Gasteiger partial charge on any atom is 0.188 e. The molecule has 1 radical (unpaired) electrons. The van der Waals surface area contributed by atoms with Crippen molar-refractivity contribution in [3.05, 3.63) is 35.7 Å². The third-order valence-electron chi connectivity index (χ3n) is 1.84. The van der Waals surface area contributed by atoms with E-state index in [1.807, 2.05) is 32.3 Å². The van der Waals surface area contributed by atoms with Crippen molar-refractivity contribution in [3.8, 4) is 11.3 Å². The van der Waals surface area contributed by atoms with Gasteiger partial charge in [-0.05, 0) is 0 Å². The molecule has 1 nitrogen and oxygen atoms in total. The van der Waals surface area contributed by atoms with Crippen molar-refractivity contribution in [1.82, 2.24) is 4.98 Å². The van der Waals surface area contributed by atoms with Crippen LogP contribution >= 0.6 is 11.3 Å². The van der Waals surface area contributed by atoms with Gasteiger partial charge in [0.1, 0.15) is 0 Å². The average Bonchev–Trinajstić information content (AvgIpc) is 2.67. The highest BCUT2D eigenvalue weighted by Crippen LogP contribution is 2.16. The number of rotatable bonds is 2. The van der Waals surface area contributed by atoms with Crippen LogP contribution in [0.3, 0.4) is 0 Å². The van der Waals surface area contributed by atoms with Gasteiger partial charge >= 0.3 is 0 Å². The van der Waals surface area contributed by atoms with Crippen molar-refractivity contribution in [3.63, 3.8) is 0 Å². The van der Waals surface area contributed by atoms with E-state index >= 15 is 0 Å². The number of hydrogen-bond donors (Lipinski definition) is 0. The van der Waals surface area contributed by atoms with E-state index in [2.05, 4.69) is 22.5 Å². The molecule has 0 amide bonds. The number of hydrogen-bond acceptors (Lipinski definition) is 2. The summed E-state index contributed by atoms with van der Waals surface area (Å²) in [5.41, 5.74) is 2.26. The smallest absolute Gasteiger partial charge is 0.188 e. The molecule has 0 spiro atoms. The summed E-state index contributed by atoms with van der Waals surface area (Å²) < 4.78 is 0. The second-order valence-electron chi connectivity index (χ2n) is 2.73. The Morgan fingerprint density at radius 1 is 1.23 bits per heavy atom. The van der Waals surface area contributed by atoms with Gasteiger partial charge in [-0.2, -0.15) is 0 Å². The maximum atomic E-state index is 4.46. The Hall–Kier alpha value is -1.09. The number of nitrogens with zero attached hydrogens (tertiary/aromatic N) is 1. The van der Waals surface area contributed by atoms with Crippen molar-refractivity contribution in [2.75, 3.05) is 0 Å². The van der Waals surface area contributed by atoms with Crippen LogP contribution in [-0.2, 0) is 0 Å². The van der Waals surface area contributed by atoms with Gasteiger partial charge in [0.15, 0.2) is 7.28 Å². The van der Waals surface area contributed by atoms with Gasteiger partial charge in [0, 0.05) is 15.9 Å². The minimum Gasteiger partial charge on any atom is -0.252 e. The van der Waals surface area contributed by atoms with E-state index in [-0.39, 0.29) is 0 Å². The Balaban J connectivity index is 2.36. The average molecular weight is 186 g/mol. The highest BCUT2D eigenvalue weighted by Gasteiger charge is 2.01. The first-order chi connectivity index (χ1) is 6.40. The lowest BCUT2D eigenvalue weighted by molar-refractivity contribution is 1.45. The van der Waals surface area contributed by atoms with Crippen LogP contribution in [0.2, 0.25) is 6.82 Å². The summed E-state index contributed by atoms with van der Waals surface area (Å²) in [6, 6.07) is 10.2. The van der Waals surface area contributed by atoms with Gasteiger partial charge in [0.05, 0.1) is 5.69 Å². The second kappa shape index (κ2) is 3.75. The molecule has 0 bridgehead atoms. The lowest BCUT2D eigenvalue weighted by Crippen LogP contribution is -2.07. The van der Waals surface area contributed by atoms with Gasteiger partial charge in [0.25, 0.3) is 0 Å². The van der Waals surface area contributed by atoms with E-state index in [1.54, 1.807) is 11.3 Å². The second-order valence-corrected chi connectivity index (χ2v) is 3.62. The minimum absolute atomic E-state index is 1.07. The molecule has 0 unspecified atom stereocenters. The summed E-state index contributed by atoms with van der Waals surface area (Å²) in [5.74, 6) is 0. The zero-order valence-electron chi connectivity index (χ0n) is 7.40. The number of aromatic nitrogens is 1. The molecule has 13 heavy (non-hydrogen) atoms. The lowest BCUT2D eigenvalue weighted by Gasteiger charge is -1.93. The molecule has 63 valence electrons. The fraction of sp³-hybridized carbons (Fsp3) is 0.100. The Morgan fingerprint density at radius 3 is 2.62 bits per heavy atom. The fourth-order valence-electron chi connectivity index (χ4n) is 1.16. The largest absolute Gasteiger partial charge is 0.252 e. The lowest BCUT2D eigenvalue weighted by atomic mass is 9.84. The standard InChI is InChI=1S/C10H9BNS/c1-11-10-12-9(7-13-10)8-5-3-2-4-6-8/h2-7H,1H3. The molecule has 0 aliphatic heterocycles. The first-order valence-corrected chi connectivity index (χ1v) is 5.08. The van der Waals surface area contributed by atoms with Crippen LogP contribution in [0, 0.1) is 0 Å². The molecule has 1 aromatic carbocycles. The Kier molecular flexibility index (Phi) is 2.46. The Morgan fingerprint density at radius 2 is 2.00 bits per heavy atom. The molecule has 0 fully saturated rings. The van der Waals surface area contributed by atoms with Crippen LogP contribution in [0.4, 0.5) is 0 Å². The van der Waals surface area contributed by atoms with Gasteiger partial charge in [-0.15, -0.1) is 11.3 Å². The molecule has 0 saturated carbocycles. The molecule has 3 heteroatoms. The third-order valence-corrected chi connectivity index (χ3v) is 2.75. The molecular formula is C10H9BNS. The van der Waals surface area contributed by atoms with Gasteiger partial charge in [-0.25, -0.2) is 0 Å². The molecule has 2 rings (SSSR count). The van der Waals surface area contributed by atoms with E-state index in [1.165, 1.54) is 5.56 Å². The van der Waals surface area contributed by atoms with Crippen LogP contribution < -0.4 is 4.91 Å². The molecule has 1 aromatic heterocycles. The monoisotopic (exact) mass is 186 g/mol. The van der Waals surface area contributed by atoms with E-state index in [0.29, 0.717) is 0 Å². The predicted octanol–water partition coefficient (Wildman–Crippen LogP) is 2.19. The Labute approximate surface area is 82.7 Å². The molecule has 0 saturated heterocycles. The zero-order chi connectivity index (χ0) is 9.10. The van der Waals surface area contributed by atoms with Crippen molar-refractivity contribution < 1.29 is 0 Å². The SMILES string of the molecule is C[B]c1nc(-c2ccccc2)cs1. The summed E-state index contributed by atoms with van der Waals surface area (Å²) in [5, 5.41) is 2.09. The highest BCUT2D eigenvalue weighted by molar-refractivity contribution is 7.19. The Bertz CT molecular complexity index is 383.